The van der Waals surface area contributed by atoms with Gasteiger partial charge in [-0.3, -0.25) is 0 Å². The summed E-state index contributed by atoms with van der Waals surface area (Å²) in [5, 5.41) is 10.3. The highest BCUT2D eigenvalue weighted by atomic mass is 32.1. The van der Waals surface area contributed by atoms with E-state index >= 15 is 0 Å². The van der Waals surface area contributed by atoms with Gasteiger partial charge in [-0.15, -0.1) is 22.7 Å². The number of anilines is 3. The lowest BCUT2D eigenvalue weighted by atomic mass is 9.93. The number of thiophene rings is 2. The number of rotatable bonds is 6. The predicted octanol–water partition coefficient (Wildman–Crippen LogP) is 17.2. The predicted molar refractivity (Wildman–Crippen MR) is 258 cm³/mol. The highest BCUT2D eigenvalue weighted by Gasteiger charge is 2.21. The monoisotopic (exact) mass is 785 g/mol. The maximum absolute atomic E-state index is 2.43. The third-order valence-corrected chi connectivity index (χ3v) is 14.2. The number of nitrogens with zero attached hydrogens (tertiary/aromatic N) is 1. The molecule has 0 atom stereocenters. The van der Waals surface area contributed by atoms with Gasteiger partial charge in [0.05, 0.1) is 5.69 Å². The van der Waals surface area contributed by atoms with Crippen LogP contribution in [0.15, 0.2) is 212 Å². The summed E-state index contributed by atoms with van der Waals surface area (Å²) >= 11 is 3.76. The van der Waals surface area contributed by atoms with Crippen LogP contribution in [0.5, 0.6) is 0 Å². The van der Waals surface area contributed by atoms with Crippen molar-refractivity contribution in [3.8, 4) is 33.4 Å². The second-order valence-corrected chi connectivity index (χ2v) is 17.3. The van der Waals surface area contributed by atoms with E-state index in [9.17, 15) is 0 Å². The molecule has 276 valence electrons. The van der Waals surface area contributed by atoms with Gasteiger partial charge in [-0.2, -0.15) is 0 Å². The average molecular weight is 786 g/mol. The molecule has 3 heteroatoms. The Labute approximate surface area is 350 Å². The van der Waals surface area contributed by atoms with Crippen LogP contribution in [0.4, 0.5) is 17.1 Å². The van der Waals surface area contributed by atoms with E-state index in [1.54, 1.807) is 0 Å². The molecule has 0 N–H and O–H groups in total. The summed E-state index contributed by atoms with van der Waals surface area (Å²) < 4.78 is 5.24. The SMILES string of the molecule is c1ccc(N(c2ccc(-c3cc4ccccc4c4ccccc34)cc2)c2ccc(-c3ccc(-c4cccc5sc6ccccc6c45)cc3)c3sc4ccccc4c23)cc1. The van der Waals surface area contributed by atoms with Gasteiger partial charge in [0, 0.05) is 51.7 Å². The summed E-state index contributed by atoms with van der Waals surface area (Å²) in [5.74, 6) is 0. The molecule has 0 saturated heterocycles. The van der Waals surface area contributed by atoms with Crippen molar-refractivity contribution in [2.24, 2.45) is 0 Å². The number of para-hydroxylation sites is 1. The Balaban J connectivity index is 0.996. The van der Waals surface area contributed by atoms with Gasteiger partial charge in [-0.05, 0) is 110 Å². The molecule has 12 rings (SSSR count). The lowest BCUT2D eigenvalue weighted by Gasteiger charge is -2.27. The van der Waals surface area contributed by atoms with Crippen LogP contribution in [0, 0.1) is 0 Å². The molecular weight excluding hydrogens is 751 g/mol. The minimum absolute atomic E-state index is 1.12. The van der Waals surface area contributed by atoms with E-state index in [-0.39, 0.29) is 0 Å². The standard InChI is InChI=1S/C56H35NS2/c1-2-14-40(15-3-1)57(41-31-29-38(30-32-41)49-35-39-13-4-5-16-42(39)45-17-6-7-18-46(45)49)50-34-33-44(56-55(50)48-20-9-11-23-52(48)59-56)37-27-25-36(26-28-37)43-21-12-24-53-54(43)47-19-8-10-22-51(47)58-53/h1-35H. The van der Waals surface area contributed by atoms with Gasteiger partial charge in [-0.25, -0.2) is 0 Å². The van der Waals surface area contributed by atoms with Crippen molar-refractivity contribution in [1.29, 1.82) is 0 Å². The van der Waals surface area contributed by atoms with E-state index in [2.05, 4.69) is 217 Å². The molecule has 0 fully saturated rings. The summed E-state index contributed by atoms with van der Waals surface area (Å²) in [6.45, 7) is 0. The Bertz CT molecular complexity index is 3540. The minimum atomic E-state index is 1.12. The first-order chi connectivity index (χ1) is 29.3. The van der Waals surface area contributed by atoms with Crippen LogP contribution < -0.4 is 4.90 Å². The van der Waals surface area contributed by atoms with Crippen molar-refractivity contribution < 1.29 is 0 Å². The molecule has 0 radical (unpaired) electrons. The average Bonchev–Trinajstić information content (AvgIpc) is 3.89. The van der Waals surface area contributed by atoms with Crippen molar-refractivity contribution in [2.75, 3.05) is 4.90 Å². The molecule has 0 aliphatic rings. The van der Waals surface area contributed by atoms with Gasteiger partial charge in [-0.1, -0.05) is 158 Å². The van der Waals surface area contributed by atoms with Crippen LogP contribution in [0.2, 0.25) is 0 Å². The molecule has 59 heavy (non-hydrogen) atoms. The van der Waals surface area contributed by atoms with E-state index < -0.39 is 0 Å². The summed E-state index contributed by atoms with van der Waals surface area (Å²) in [6, 6.07) is 78.1. The highest BCUT2D eigenvalue weighted by Crippen LogP contribution is 2.49. The van der Waals surface area contributed by atoms with E-state index in [0.717, 1.165) is 11.4 Å². The quantitative estimate of drug-likeness (QED) is 0.152. The number of fused-ring (bicyclic) bond motifs is 9. The zero-order valence-corrected chi connectivity index (χ0v) is 33.6. The molecule has 2 aromatic heterocycles. The van der Waals surface area contributed by atoms with Gasteiger partial charge in [0.15, 0.2) is 0 Å². The van der Waals surface area contributed by atoms with E-state index in [1.807, 2.05) is 22.7 Å². The normalized spacial score (nSPS) is 11.7. The van der Waals surface area contributed by atoms with E-state index in [0.29, 0.717) is 0 Å². The Morgan fingerprint density at radius 2 is 0.847 bits per heavy atom. The lowest BCUT2D eigenvalue weighted by Crippen LogP contribution is -2.10. The summed E-state index contributed by atoms with van der Waals surface area (Å²) in [6.07, 6.45) is 0. The molecule has 0 unspecified atom stereocenters. The Hall–Kier alpha value is -7.04. The van der Waals surface area contributed by atoms with Crippen LogP contribution in [-0.2, 0) is 0 Å². The van der Waals surface area contributed by atoms with Gasteiger partial charge < -0.3 is 4.90 Å². The van der Waals surface area contributed by atoms with Gasteiger partial charge in [0.1, 0.15) is 0 Å². The van der Waals surface area contributed by atoms with E-state index in [4.69, 9.17) is 0 Å². The van der Waals surface area contributed by atoms with Crippen molar-refractivity contribution in [3.63, 3.8) is 0 Å². The van der Waals surface area contributed by atoms with Crippen LogP contribution in [0.25, 0.3) is 95.3 Å². The maximum Gasteiger partial charge on any atom is 0.0555 e. The third-order valence-electron chi connectivity index (χ3n) is 11.9. The van der Waals surface area contributed by atoms with Crippen molar-refractivity contribution in [1.82, 2.24) is 0 Å². The largest absolute Gasteiger partial charge is 0.310 e. The first-order valence-corrected chi connectivity index (χ1v) is 21.7. The number of hydrogen-bond acceptors (Lipinski definition) is 3. The molecule has 10 aromatic carbocycles. The second kappa shape index (κ2) is 13.8. The van der Waals surface area contributed by atoms with Crippen LogP contribution in [0.1, 0.15) is 0 Å². The molecular formula is C56H35NS2. The first-order valence-electron chi connectivity index (χ1n) is 20.1. The van der Waals surface area contributed by atoms with Crippen LogP contribution >= 0.6 is 22.7 Å². The Kier molecular flexibility index (Phi) is 7.97. The molecule has 1 nitrogen and oxygen atoms in total. The van der Waals surface area contributed by atoms with Gasteiger partial charge >= 0.3 is 0 Å². The Morgan fingerprint density at radius 3 is 1.61 bits per heavy atom. The van der Waals surface area contributed by atoms with E-state index in [1.165, 1.54) is 101 Å². The molecule has 2 heterocycles. The lowest BCUT2D eigenvalue weighted by molar-refractivity contribution is 1.30. The molecule has 0 spiro atoms. The molecule has 0 saturated carbocycles. The van der Waals surface area contributed by atoms with Crippen molar-refractivity contribution >= 4 is 102 Å². The molecule has 12 aromatic rings. The van der Waals surface area contributed by atoms with Crippen molar-refractivity contribution in [2.45, 2.75) is 0 Å². The highest BCUT2D eigenvalue weighted by molar-refractivity contribution is 7.26. The fourth-order valence-electron chi connectivity index (χ4n) is 9.16. The van der Waals surface area contributed by atoms with Crippen LogP contribution in [-0.4, -0.2) is 0 Å². The zero-order valence-electron chi connectivity index (χ0n) is 32.0. The van der Waals surface area contributed by atoms with Crippen molar-refractivity contribution in [3.05, 3.63) is 212 Å². The molecule has 0 aliphatic heterocycles. The molecule has 0 amide bonds. The van der Waals surface area contributed by atoms with Gasteiger partial charge in [0.2, 0.25) is 0 Å². The number of benzene rings is 10. The number of hydrogen-bond donors (Lipinski definition) is 0. The topological polar surface area (TPSA) is 3.24 Å². The first kappa shape index (κ1) is 34.0. The molecule has 0 bridgehead atoms. The summed E-state index contributed by atoms with van der Waals surface area (Å²) in [5.41, 5.74) is 10.9. The molecule has 0 aliphatic carbocycles. The fraction of sp³-hybridized carbons (Fsp3) is 0. The summed E-state index contributed by atoms with van der Waals surface area (Å²) in [7, 11) is 0. The van der Waals surface area contributed by atoms with Gasteiger partial charge in [0.25, 0.3) is 0 Å². The smallest absolute Gasteiger partial charge is 0.0555 e. The minimum Gasteiger partial charge on any atom is -0.310 e. The van der Waals surface area contributed by atoms with Crippen LogP contribution in [0.3, 0.4) is 0 Å². The summed E-state index contributed by atoms with van der Waals surface area (Å²) in [4.78, 5) is 2.43. The Morgan fingerprint density at radius 1 is 0.305 bits per heavy atom. The third kappa shape index (κ3) is 5.58. The maximum atomic E-state index is 2.43. The second-order valence-electron chi connectivity index (χ2n) is 15.2. The zero-order chi connectivity index (χ0) is 38.9. The fourth-order valence-corrected chi connectivity index (χ4v) is 11.5.